The molecule has 28 heavy (non-hydrogen) atoms. The van der Waals surface area contributed by atoms with Crippen LogP contribution in [0, 0.1) is 0 Å². The van der Waals surface area contributed by atoms with Crippen molar-refractivity contribution in [3.8, 4) is 22.6 Å². The molecule has 6 nitrogen and oxygen atoms in total. The number of aromatic nitrogens is 1. The molecular formula is C22H21NO5. The smallest absolute Gasteiger partial charge is 0.355 e. The summed E-state index contributed by atoms with van der Waals surface area (Å²) < 4.78 is 15.5. The van der Waals surface area contributed by atoms with Gasteiger partial charge in [-0.1, -0.05) is 12.1 Å². The Morgan fingerprint density at radius 3 is 2.00 bits per heavy atom. The minimum Gasteiger partial charge on any atom is -0.497 e. The first-order valence-electron chi connectivity index (χ1n) is 8.80. The third-order valence-electron chi connectivity index (χ3n) is 4.34. The van der Waals surface area contributed by atoms with Gasteiger partial charge >= 0.3 is 5.97 Å². The van der Waals surface area contributed by atoms with E-state index in [0.717, 1.165) is 0 Å². The van der Waals surface area contributed by atoms with E-state index in [-0.39, 0.29) is 18.1 Å². The first-order chi connectivity index (χ1) is 13.6. The summed E-state index contributed by atoms with van der Waals surface area (Å²) in [6, 6.07) is 14.0. The second-order valence-corrected chi connectivity index (χ2v) is 5.96. The standard InChI is InChI=1S/C22H21NO5/c1-4-28-22(25)20-19(14-5-9-16(26-2)10-6-14)18(13-23-20)21(24)15-7-11-17(27-3)12-8-15/h5-13,23H,4H2,1-3H3. The summed E-state index contributed by atoms with van der Waals surface area (Å²) in [7, 11) is 3.14. The third kappa shape index (κ3) is 3.76. The maximum absolute atomic E-state index is 13.1. The molecule has 2 aromatic carbocycles. The molecule has 0 fully saturated rings. The lowest BCUT2D eigenvalue weighted by Crippen LogP contribution is -2.08. The lowest BCUT2D eigenvalue weighted by atomic mass is 9.96. The quantitative estimate of drug-likeness (QED) is 0.494. The monoisotopic (exact) mass is 379 g/mol. The third-order valence-corrected chi connectivity index (χ3v) is 4.34. The number of carbonyl (C=O) groups is 2. The van der Waals surface area contributed by atoms with Gasteiger partial charge in [0.25, 0.3) is 0 Å². The number of ketones is 1. The zero-order valence-electron chi connectivity index (χ0n) is 15.9. The van der Waals surface area contributed by atoms with Crippen molar-refractivity contribution in [1.82, 2.24) is 4.98 Å². The van der Waals surface area contributed by atoms with Crippen LogP contribution in [0.1, 0.15) is 33.3 Å². The van der Waals surface area contributed by atoms with Gasteiger partial charge in [-0.2, -0.15) is 0 Å². The van der Waals surface area contributed by atoms with Crippen molar-refractivity contribution in [2.24, 2.45) is 0 Å². The van der Waals surface area contributed by atoms with E-state index in [2.05, 4.69) is 4.98 Å². The summed E-state index contributed by atoms with van der Waals surface area (Å²) in [5.74, 6) is 0.621. The zero-order valence-corrected chi connectivity index (χ0v) is 15.9. The van der Waals surface area contributed by atoms with Crippen LogP contribution in [-0.4, -0.2) is 37.6 Å². The van der Waals surface area contributed by atoms with E-state index in [0.29, 0.717) is 33.8 Å². The number of hydrogen-bond acceptors (Lipinski definition) is 5. The van der Waals surface area contributed by atoms with Gasteiger partial charge in [-0.25, -0.2) is 4.79 Å². The molecule has 0 saturated heterocycles. The summed E-state index contributed by atoms with van der Waals surface area (Å²) in [5.41, 5.74) is 2.33. The van der Waals surface area contributed by atoms with Crippen molar-refractivity contribution >= 4 is 11.8 Å². The topological polar surface area (TPSA) is 77.6 Å². The van der Waals surface area contributed by atoms with Crippen LogP contribution in [0.3, 0.4) is 0 Å². The lowest BCUT2D eigenvalue weighted by molar-refractivity contribution is 0.0521. The van der Waals surface area contributed by atoms with E-state index in [9.17, 15) is 9.59 Å². The molecule has 0 spiro atoms. The molecule has 0 amide bonds. The van der Waals surface area contributed by atoms with Crippen molar-refractivity contribution in [1.29, 1.82) is 0 Å². The van der Waals surface area contributed by atoms with E-state index in [1.54, 1.807) is 75.9 Å². The van der Waals surface area contributed by atoms with Crippen molar-refractivity contribution in [3.63, 3.8) is 0 Å². The molecule has 0 aliphatic rings. The molecule has 1 N–H and O–H groups in total. The normalized spacial score (nSPS) is 10.4. The number of ether oxygens (including phenoxy) is 3. The molecule has 0 bridgehead atoms. The number of methoxy groups -OCH3 is 2. The van der Waals surface area contributed by atoms with Gasteiger partial charge in [0.05, 0.1) is 20.8 Å². The SMILES string of the molecule is CCOC(=O)c1[nH]cc(C(=O)c2ccc(OC)cc2)c1-c1ccc(OC)cc1. The number of hydrogen-bond donors (Lipinski definition) is 1. The Morgan fingerprint density at radius 2 is 1.46 bits per heavy atom. The Balaban J connectivity index is 2.09. The summed E-state index contributed by atoms with van der Waals surface area (Å²) in [5, 5.41) is 0. The average Bonchev–Trinajstić information content (AvgIpc) is 3.18. The van der Waals surface area contributed by atoms with Gasteiger partial charge in [-0.05, 0) is 48.9 Å². The van der Waals surface area contributed by atoms with Gasteiger partial charge in [-0.15, -0.1) is 0 Å². The van der Waals surface area contributed by atoms with Crippen LogP contribution in [0.5, 0.6) is 11.5 Å². The summed E-state index contributed by atoms with van der Waals surface area (Å²) >= 11 is 0. The van der Waals surface area contributed by atoms with E-state index >= 15 is 0 Å². The van der Waals surface area contributed by atoms with Crippen LogP contribution in [-0.2, 0) is 4.74 Å². The molecule has 0 unspecified atom stereocenters. The fourth-order valence-electron chi connectivity index (χ4n) is 2.92. The molecule has 0 aliphatic carbocycles. The molecule has 6 heteroatoms. The van der Waals surface area contributed by atoms with Gasteiger partial charge in [0.1, 0.15) is 17.2 Å². The fourth-order valence-corrected chi connectivity index (χ4v) is 2.92. The minimum absolute atomic E-state index is 0.208. The average molecular weight is 379 g/mol. The maximum atomic E-state index is 13.1. The Kier molecular flexibility index (Phi) is 5.79. The van der Waals surface area contributed by atoms with E-state index in [4.69, 9.17) is 14.2 Å². The molecule has 1 aromatic heterocycles. The molecule has 3 aromatic rings. The van der Waals surface area contributed by atoms with Gasteiger partial charge < -0.3 is 19.2 Å². The van der Waals surface area contributed by atoms with Crippen molar-refractivity contribution in [3.05, 3.63) is 71.5 Å². The van der Waals surface area contributed by atoms with Crippen LogP contribution >= 0.6 is 0 Å². The summed E-state index contributed by atoms with van der Waals surface area (Å²) in [6.45, 7) is 1.97. The van der Waals surface area contributed by atoms with Crippen LogP contribution < -0.4 is 9.47 Å². The highest BCUT2D eigenvalue weighted by atomic mass is 16.5. The molecule has 3 rings (SSSR count). The predicted octanol–water partition coefficient (Wildman–Crippen LogP) is 4.11. The lowest BCUT2D eigenvalue weighted by Gasteiger charge is -2.09. The number of nitrogens with one attached hydrogen (secondary N) is 1. The molecule has 0 saturated carbocycles. The van der Waals surface area contributed by atoms with Crippen molar-refractivity contribution in [2.45, 2.75) is 6.92 Å². The highest BCUT2D eigenvalue weighted by molar-refractivity contribution is 6.15. The maximum Gasteiger partial charge on any atom is 0.355 e. The number of aromatic amines is 1. The highest BCUT2D eigenvalue weighted by Crippen LogP contribution is 2.31. The van der Waals surface area contributed by atoms with Crippen molar-refractivity contribution in [2.75, 3.05) is 20.8 Å². The van der Waals surface area contributed by atoms with Gasteiger partial charge in [0.2, 0.25) is 0 Å². The Hall–Kier alpha value is -3.54. The highest BCUT2D eigenvalue weighted by Gasteiger charge is 2.24. The number of carbonyl (C=O) groups excluding carboxylic acids is 2. The Bertz CT molecular complexity index is 971. The number of benzene rings is 2. The fraction of sp³-hybridized carbons (Fsp3) is 0.182. The van der Waals surface area contributed by atoms with E-state index in [1.807, 2.05) is 0 Å². The summed E-state index contributed by atoms with van der Waals surface area (Å²) in [6.07, 6.45) is 1.54. The van der Waals surface area contributed by atoms with Crippen molar-refractivity contribution < 1.29 is 23.8 Å². The van der Waals surface area contributed by atoms with Gasteiger partial charge in [0.15, 0.2) is 5.78 Å². The van der Waals surface area contributed by atoms with Crippen LogP contribution in [0.15, 0.2) is 54.7 Å². The first-order valence-corrected chi connectivity index (χ1v) is 8.80. The molecule has 0 radical (unpaired) electrons. The van der Waals surface area contributed by atoms with E-state index in [1.165, 1.54) is 0 Å². The van der Waals surface area contributed by atoms with Gasteiger partial charge in [0, 0.05) is 22.9 Å². The van der Waals surface area contributed by atoms with E-state index < -0.39 is 5.97 Å². The second-order valence-electron chi connectivity index (χ2n) is 5.96. The molecule has 0 aliphatic heterocycles. The predicted molar refractivity (Wildman–Crippen MR) is 105 cm³/mol. The second kappa shape index (κ2) is 8.43. The Morgan fingerprint density at radius 1 is 0.893 bits per heavy atom. The number of H-pyrrole nitrogens is 1. The molecule has 1 heterocycles. The van der Waals surface area contributed by atoms with Crippen LogP contribution in [0.25, 0.3) is 11.1 Å². The number of rotatable bonds is 7. The first kappa shape index (κ1) is 19.2. The largest absolute Gasteiger partial charge is 0.497 e. The van der Waals surface area contributed by atoms with Gasteiger partial charge in [-0.3, -0.25) is 4.79 Å². The van der Waals surface area contributed by atoms with Crippen LogP contribution in [0.2, 0.25) is 0 Å². The number of esters is 1. The zero-order chi connectivity index (χ0) is 20.1. The van der Waals surface area contributed by atoms with Crippen LogP contribution in [0.4, 0.5) is 0 Å². The molecule has 0 atom stereocenters. The molecular weight excluding hydrogens is 358 g/mol. The molecule has 144 valence electrons. The minimum atomic E-state index is -0.512. The Labute approximate surface area is 163 Å². The summed E-state index contributed by atoms with van der Waals surface area (Å²) in [4.78, 5) is 28.4.